The Morgan fingerprint density at radius 1 is 0.714 bits per heavy atom. The summed E-state index contributed by atoms with van der Waals surface area (Å²) in [5.74, 6) is -61.8. The zero-order chi connectivity index (χ0) is 34.0. The van der Waals surface area contributed by atoms with Gasteiger partial charge in [0.15, 0.2) is 0 Å². The molecule has 0 saturated carbocycles. The Kier molecular flexibility index (Phi) is 12.4. The molecule has 0 aliphatic rings. The van der Waals surface area contributed by atoms with Crippen molar-refractivity contribution in [3.8, 4) is 0 Å². The molecule has 0 aromatic heterocycles. The highest BCUT2D eigenvalue weighted by atomic mass is 32.2. The first-order valence-electron chi connectivity index (χ1n) is 10.8. The summed E-state index contributed by atoms with van der Waals surface area (Å²) in [4.78, 5) is 24.6. The van der Waals surface area contributed by atoms with Gasteiger partial charge in [-0.05, 0) is 27.1 Å². The number of carboxylic acid groups (broad SMARTS) is 1. The van der Waals surface area contributed by atoms with Gasteiger partial charge in [0.1, 0.15) is 5.25 Å². The maximum absolute atomic E-state index is 14.0. The van der Waals surface area contributed by atoms with Crippen molar-refractivity contribution in [2.75, 3.05) is 32.9 Å². The van der Waals surface area contributed by atoms with Gasteiger partial charge in [0, 0.05) is 25.1 Å². The molecule has 0 aromatic rings. The summed E-state index contributed by atoms with van der Waals surface area (Å²) in [5.41, 5.74) is 0. The number of hydrogen-bond acceptors (Lipinski definition) is 4. The molecule has 2 N–H and O–H groups in total. The molecule has 0 heterocycles. The van der Waals surface area contributed by atoms with E-state index in [-0.39, 0.29) is 18.3 Å². The normalized spacial score (nSPS) is 15.6. The van der Waals surface area contributed by atoms with Crippen molar-refractivity contribution >= 4 is 23.6 Å². The molecule has 42 heavy (non-hydrogen) atoms. The van der Waals surface area contributed by atoms with Crippen molar-refractivity contribution in [2.45, 2.75) is 72.1 Å². The van der Waals surface area contributed by atoms with E-state index in [1.807, 2.05) is 0 Å². The Labute approximate surface area is 229 Å². The summed E-state index contributed by atoms with van der Waals surface area (Å²) in [5, 5.41) is 9.15. The van der Waals surface area contributed by atoms with Gasteiger partial charge in [-0.25, -0.2) is 0 Å². The summed E-state index contributed by atoms with van der Waals surface area (Å²) in [6, 6.07) is 0. The molecule has 0 bridgehead atoms. The molecule has 0 saturated heterocycles. The minimum Gasteiger partial charge on any atom is -0.480 e. The van der Waals surface area contributed by atoms with Crippen LogP contribution in [0.2, 0.25) is 0 Å². The minimum absolute atomic E-state index is 0.0276. The van der Waals surface area contributed by atoms with E-state index in [9.17, 15) is 84.2 Å². The van der Waals surface area contributed by atoms with Gasteiger partial charge in [0.05, 0.1) is 0 Å². The molecule has 0 spiro atoms. The summed E-state index contributed by atoms with van der Waals surface area (Å²) in [7, 11) is 3.31. The van der Waals surface area contributed by atoms with Crippen LogP contribution in [-0.2, 0) is 9.59 Å². The number of thioether (sulfide) groups is 1. The maximum atomic E-state index is 14.0. The van der Waals surface area contributed by atoms with E-state index in [1.165, 1.54) is 0 Å². The predicted octanol–water partition coefficient (Wildman–Crippen LogP) is 6.03. The third-order valence-corrected chi connectivity index (χ3v) is 6.48. The molecular weight excluding hydrogens is 659 g/mol. The number of carboxylic acids is 1. The Bertz CT molecular complexity index is 941. The largest absolute Gasteiger partial charge is 0.480 e. The first kappa shape index (κ1) is 40.1. The highest BCUT2D eigenvalue weighted by molar-refractivity contribution is 8.00. The van der Waals surface area contributed by atoms with E-state index >= 15 is 0 Å². The van der Waals surface area contributed by atoms with Crippen molar-refractivity contribution in [1.82, 2.24) is 10.2 Å². The highest BCUT2D eigenvalue weighted by Crippen LogP contribution is 2.64. The molecule has 0 fully saturated rings. The van der Waals surface area contributed by atoms with Crippen molar-refractivity contribution < 1.29 is 89.3 Å². The standard InChI is InChI=1S/C19H21F17N2O3S/c1-38(2)6-3-5-37-10(39)8-9(11(40)41)42-7-4-12(20,21)13(22,23)14(24,25)15(26,27)16(28,29)17(30,31)18(32,33)19(34,35)36/h9H,3-8H2,1-2H3,(H,37,39)(H,40,41). The number of alkyl halides is 17. The average Bonchev–Trinajstić information content (AvgIpc) is 2.79. The number of rotatable bonds is 17. The van der Waals surface area contributed by atoms with Crippen molar-refractivity contribution in [2.24, 2.45) is 0 Å². The number of carbonyl (C=O) groups is 2. The van der Waals surface area contributed by atoms with Crippen LogP contribution in [-0.4, -0.2) is 108 Å². The van der Waals surface area contributed by atoms with Crippen molar-refractivity contribution in [3.63, 3.8) is 0 Å². The summed E-state index contributed by atoms with van der Waals surface area (Å²) in [6.07, 6.45) is -11.3. The molecule has 1 unspecified atom stereocenters. The fourth-order valence-corrected chi connectivity index (χ4v) is 3.83. The number of hydrogen-bond donors (Lipinski definition) is 2. The van der Waals surface area contributed by atoms with Gasteiger partial charge in [0.2, 0.25) is 5.91 Å². The maximum Gasteiger partial charge on any atom is 0.460 e. The second kappa shape index (κ2) is 13.0. The summed E-state index contributed by atoms with van der Waals surface area (Å²) >= 11 is -0.328. The second-order valence-electron chi connectivity index (χ2n) is 8.81. The van der Waals surface area contributed by atoms with Crippen LogP contribution in [0.5, 0.6) is 0 Å². The van der Waals surface area contributed by atoms with E-state index in [0.717, 1.165) is 0 Å². The molecular formula is C19H21F17N2O3S. The van der Waals surface area contributed by atoms with E-state index in [0.29, 0.717) is 13.0 Å². The fraction of sp³-hybridized carbons (Fsp3) is 0.895. The van der Waals surface area contributed by atoms with E-state index in [2.05, 4.69) is 5.32 Å². The molecule has 1 atom stereocenters. The third kappa shape index (κ3) is 7.58. The summed E-state index contributed by atoms with van der Waals surface area (Å²) in [6.45, 7) is 0.416. The highest BCUT2D eigenvalue weighted by Gasteiger charge is 2.95. The van der Waals surface area contributed by atoms with Gasteiger partial charge >= 0.3 is 53.6 Å². The molecule has 0 aliphatic heterocycles. The Balaban J connectivity index is 5.91. The number of carbonyl (C=O) groups excluding carboxylic acids is 1. The van der Waals surface area contributed by atoms with Gasteiger partial charge in [-0.15, -0.1) is 11.8 Å². The third-order valence-electron chi connectivity index (χ3n) is 5.27. The van der Waals surface area contributed by atoms with Crippen molar-refractivity contribution in [3.05, 3.63) is 0 Å². The number of nitrogens with zero attached hydrogens (tertiary/aromatic N) is 1. The van der Waals surface area contributed by atoms with E-state index < -0.39 is 83.4 Å². The molecule has 0 aliphatic carbocycles. The SMILES string of the molecule is CN(C)CCCNC(=O)CC(SCCC(F)(F)C(F)(F)C(F)(F)C(F)(F)C(F)(F)C(F)(F)C(F)(F)C(F)(F)F)C(=O)O. The van der Waals surface area contributed by atoms with E-state index in [1.54, 1.807) is 19.0 Å². The van der Waals surface area contributed by atoms with Crippen LogP contribution >= 0.6 is 11.8 Å². The van der Waals surface area contributed by atoms with Gasteiger partial charge in [-0.1, -0.05) is 0 Å². The Morgan fingerprint density at radius 2 is 1.12 bits per heavy atom. The molecule has 1 amide bonds. The molecule has 250 valence electrons. The number of halogens is 17. The topological polar surface area (TPSA) is 69.6 Å². The van der Waals surface area contributed by atoms with Gasteiger partial charge in [-0.3, -0.25) is 9.59 Å². The smallest absolute Gasteiger partial charge is 0.460 e. The predicted molar refractivity (Wildman–Crippen MR) is 110 cm³/mol. The first-order chi connectivity index (χ1) is 18.4. The Morgan fingerprint density at radius 3 is 1.50 bits per heavy atom. The van der Waals surface area contributed by atoms with Gasteiger partial charge in [0.25, 0.3) is 0 Å². The minimum atomic E-state index is -8.72. The zero-order valence-corrected chi connectivity index (χ0v) is 21.7. The lowest BCUT2D eigenvalue weighted by Gasteiger charge is -2.42. The average molecular weight is 680 g/mol. The lowest BCUT2D eigenvalue weighted by molar-refractivity contribution is -0.461. The van der Waals surface area contributed by atoms with Gasteiger partial charge in [-0.2, -0.15) is 74.6 Å². The number of nitrogens with one attached hydrogen (secondary N) is 1. The van der Waals surface area contributed by atoms with Gasteiger partial charge < -0.3 is 15.3 Å². The summed E-state index contributed by atoms with van der Waals surface area (Å²) < 4.78 is 226. The van der Waals surface area contributed by atoms with Crippen LogP contribution in [0.15, 0.2) is 0 Å². The van der Waals surface area contributed by atoms with Crippen LogP contribution in [0.25, 0.3) is 0 Å². The number of aliphatic carboxylic acids is 1. The fourth-order valence-electron chi connectivity index (χ4n) is 2.76. The Hall–Kier alpha value is -1.94. The van der Waals surface area contributed by atoms with Crippen molar-refractivity contribution in [1.29, 1.82) is 0 Å². The van der Waals surface area contributed by atoms with E-state index in [4.69, 9.17) is 5.11 Å². The quantitative estimate of drug-likeness (QED) is 0.145. The van der Waals surface area contributed by atoms with Crippen LogP contribution in [0.4, 0.5) is 74.6 Å². The zero-order valence-electron chi connectivity index (χ0n) is 20.9. The van der Waals surface area contributed by atoms with Crippen LogP contribution in [0, 0.1) is 0 Å². The molecule has 5 nitrogen and oxygen atoms in total. The molecule has 0 radical (unpaired) electrons. The lowest BCUT2D eigenvalue weighted by Crippen LogP contribution is -2.74. The first-order valence-corrected chi connectivity index (χ1v) is 11.9. The second-order valence-corrected chi connectivity index (χ2v) is 10.1. The molecule has 0 aromatic carbocycles. The van der Waals surface area contributed by atoms with Crippen LogP contribution in [0.1, 0.15) is 19.3 Å². The monoisotopic (exact) mass is 680 g/mol. The molecule has 23 heteroatoms. The van der Waals surface area contributed by atoms with Crippen LogP contribution < -0.4 is 5.32 Å². The molecule has 0 rings (SSSR count). The lowest BCUT2D eigenvalue weighted by atomic mass is 9.88. The number of amides is 1. The van der Waals surface area contributed by atoms with Crippen LogP contribution in [0.3, 0.4) is 0 Å².